The predicted molar refractivity (Wildman–Crippen MR) is 60.0 cm³/mol. The first-order valence-electron chi connectivity index (χ1n) is 5.67. The average Bonchev–Trinajstić information content (AvgIpc) is 2.16. The van der Waals surface area contributed by atoms with Gasteiger partial charge in [0.05, 0.1) is 6.04 Å². The van der Waals surface area contributed by atoms with E-state index in [0.29, 0.717) is 6.42 Å². The van der Waals surface area contributed by atoms with Crippen molar-refractivity contribution in [1.29, 1.82) is 0 Å². The van der Waals surface area contributed by atoms with Crippen LogP contribution in [0.25, 0.3) is 0 Å². The first-order valence-corrected chi connectivity index (χ1v) is 5.67. The normalized spacial score (nSPS) is 14.9. The number of nitrogens with two attached hydrogens (primary N) is 1. The van der Waals surface area contributed by atoms with Crippen molar-refractivity contribution < 1.29 is 4.79 Å². The molecule has 0 aliphatic heterocycles. The van der Waals surface area contributed by atoms with E-state index >= 15 is 0 Å². The smallest absolute Gasteiger partial charge is 0.237 e. The third kappa shape index (κ3) is 5.97. The molecule has 0 aromatic rings. The lowest BCUT2D eigenvalue weighted by Crippen LogP contribution is -2.44. The Morgan fingerprint density at radius 3 is 2.50 bits per heavy atom. The summed E-state index contributed by atoms with van der Waals surface area (Å²) in [5.41, 5.74) is 5.61. The van der Waals surface area contributed by atoms with E-state index in [0.717, 1.165) is 6.42 Å². The summed E-state index contributed by atoms with van der Waals surface area (Å²) in [5.74, 6) is -0.0171. The van der Waals surface area contributed by atoms with Crippen LogP contribution in [-0.2, 0) is 4.79 Å². The lowest BCUT2D eigenvalue weighted by atomic mass is 10.1. The van der Waals surface area contributed by atoms with E-state index in [1.807, 2.05) is 13.8 Å². The highest BCUT2D eigenvalue weighted by Gasteiger charge is 2.12. The summed E-state index contributed by atoms with van der Waals surface area (Å²) >= 11 is 0. The van der Waals surface area contributed by atoms with Gasteiger partial charge in [0.2, 0.25) is 5.91 Å². The summed E-state index contributed by atoms with van der Waals surface area (Å²) in [5, 5.41) is 2.93. The molecule has 0 rings (SSSR count). The van der Waals surface area contributed by atoms with Crippen molar-refractivity contribution in [1.82, 2.24) is 5.32 Å². The van der Waals surface area contributed by atoms with Crippen LogP contribution in [0.3, 0.4) is 0 Å². The maximum atomic E-state index is 11.4. The molecule has 0 aromatic heterocycles. The number of rotatable bonds is 7. The van der Waals surface area contributed by atoms with Crippen LogP contribution in [0.1, 0.15) is 52.9 Å². The molecule has 3 N–H and O–H groups in total. The molecule has 0 heterocycles. The third-order valence-corrected chi connectivity index (χ3v) is 2.41. The summed E-state index contributed by atoms with van der Waals surface area (Å²) < 4.78 is 0. The molecule has 0 saturated heterocycles. The van der Waals surface area contributed by atoms with Crippen molar-refractivity contribution in [2.45, 2.75) is 65.0 Å². The van der Waals surface area contributed by atoms with E-state index in [4.69, 9.17) is 5.73 Å². The molecule has 0 aliphatic rings. The summed E-state index contributed by atoms with van der Waals surface area (Å²) in [6, 6.07) is -0.0877. The molecule has 3 heteroatoms. The number of unbranched alkanes of at least 4 members (excludes halogenated alkanes) is 2. The zero-order valence-corrected chi connectivity index (χ0v) is 9.68. The summed E-state index contributed by atoms with van der Waals surface area (Å²) in [7, 11) is 0. The van der Waals surface area contributed by atoms with Gasteiger partial charge in [0, 0.05) is 6.04 Å². The zero-order valence-electron chi connectivity index (χ0n) is 9.68. The Labute approximate surface area is 87.4 Å². The van der Waals surface area contributed by atoms with E-state index in [-0.39, 0.29) is 18.0 Å². The van der Waals surface area contributed by atoms with E-state index in [9.17, 15) is 4.79 Å². The lowest BCUT2D eigenvalue weighted by molar-refractivity contribution is -0.123. The lowest BCUT2D eigenvalue weighted by Gasteiger charge is -2.16. The molecule has 1 unspecified atom stereocenters. The number of hydrogen-bond donors (Lipinski definition) is 2. The number of hydrogen-bond acceptors (Lipinski definition) is 2. The molecule has 0 saturated carbocycles. The molecule has 0 aliphatic carbocycles. The van der Waals surface area contributed by atoms with Gasteiger partial charge in [-0.2, -0.15) is 0 Å². The molecular formula is C11H24N2O. The van der Waals surface area contributed by atoms with Crippen LogP contribution in [0.4, 0.5) is 0 Å². The van der Waals surface area contributed by atoms with Crippen LogP contribution in [-0.4, -0.2) is 18.0 Å². The minimum atomic E-state index is -0.344. The minimum Gasteiger partial charge on any atom is -0.352 e. The van der Waals surface area contributed by atoms with Gasteiger partial charge < -0.3 is 11.1 Å². The van der Waals surface area contributed by atoms with Crippen LogP contribution in [0.2, 0.25) is 0 Å². The van der Waals surface area contributed by atoms with Crippen molar-refractivity contribution in [2.24, 2.45) is 5.73 Å². The maximum absolute atomic E-state index is 11.4. The van der Waals surface area contributed by atoms with Gasteiger partial charge in [0.15, 0.2) is 0 Å². The van der Waals surface area contributed by atoms with Gasteiger partial charge in [-0.05, 0) is 19.8 Å². The summed E-state index contributed by atoms with van der Waals surface area (Å²) in [4.78, 5) is 11.4. The van der Waals surface area contributed by atoms with E-state index < -0.39 is 0 Å². The fraction of sp³-hybridized carbons (Fsp3) is 0.909. The Balaban J connectivity index is 3.60. The molecule has 3 nitrogen and oxygen atoms in total. The number of carbonyl (C=O) groups is 1. The summed E-state index contributed by atoms with van der Waals surface area (Å²) in [6.07, 6.45) is 5.39. The molecule has 1 amide bonds. The van der Waals surface area contributed by atoms with Crippen molar-refractivity contribution in [3.8, 4) is 0 Å². The molecule has 84 valence electrons. The SMILES string of the molecule is CCCCCC(C)NC(=O)[C@@H](N)CC. The van der Waals surface area contributed by atoms with Crippen molar-refractivity contribution in [3.63, 3.8) is 0 Å². The van der Waals surface area contributed by atoms with Crippen molar-refractivity contribution in [2.75, 3.05) is 0 Å². The molecule has 0 aromatic carbocycles. The Morgan fingerprint density at radius 1 is 1.36 bits per heavy atom. The first kappa shape index (κ1) is 13.4. The van der Waals surface area contributed by atoms with Crippen LogP contribution < -0.4 is 11.1 Å². The van der Waals surface area contributed by atoms with Gasteiger partial charge >= 0.3 is 0 Å². The number of nitrogens with one attached hydrogen (secondary N) is 1. The van der Waals surface area contributed by atoms with E-state index in [1.165, 1.54) is 19.3 Å². The molecule has 0 bridgehead atoms. The van der Waals surface area contributed by atoms with Crippen LogP contribution in [0.15, 0.2) is 0 Å². The van der Waals surface area contributed by atoms with Gasteiger partial charge in [0.1, 0.15) is 0 Å². The Kier molecular flexibility index (Phi) is 7.48. The van der Waals surface area contributed by atoms with Crippen molar-refractivity contribution in [3.05, 3.63) is 0 Å². The standard InChI is InChI=1S/C11H24N2O/c1-4-6-7-8-9(3)13-11(14)10(12)5-2/h9-10H,4-8,12H2,1-3H3,(H,13,14)/t9?,10-/m0/s1. The molecule has 0 radical (unpaired) electrons. The van der Waals surface area contributed by atoms with Crippen LogP contribution >= 0.6 is 0 Å². The average molecular weight is 200 g/mol. The Hall–Kier alpha value is -0.570. The maximum Gasteiger partial charge on any atom is 0.237 e. The molecule has 0 fully saturated rings. The second kappa shape index (κ2) is 7.80. The quantitative estimate of drug-likeness (QED) is 0.616. The first-order chi connectivity index (χ1) is 6.61. The minimum absolute atomic E-state index is 0.0171. The monoisotopic (exact) mass is 200 g/mol. The second-order valence-electron chi connectivity index (χ2n) is 3.92. The molecule has 0 spiro atoms. The zero-order chi connectivity index (χ0) is 11.0. The number of carbonyl (C=O) groups excluding carboxylic acids is 1. The predicted octanol–water partition coefficient (Wildman–Crippen LogP) is 1.81. The number of amides is 1. The van der Waals surface area contributed by atoms with Crippen molar-refractivity contribution >= 4 is 5.91 Å². The fourth-order valence-corrected chi connectivity index (χ4v) is 1.31. The highest BCUT2D eigenvalue weighted by Crippen LogP contribution is 2.03. The highest BCUT2D eigenvalue weighted by atomic mass is 16.2. The second-order valence-corrected chi connectivity index (χ2v) is 3.92. The van der Waals surface area contributed by atoms with Gasteiger partial charge in [-0.3, -0.25) is 4.79 Å². The van der Waals surface area contributed by atoms with Crippen LogP contribution in [0, 0.1) is 0 Å². The van der Waals surface area contributed by atoms with Gasteiger partial charge in [0.25, 0.3) is 0 Å². The third-order valence-electron chi connectivity index (χ3n) is 2.41. The molecule has 2 atom stereocenters. The largest absolute Gasteiger partial charge is 0.352 e. The Bertz CT molecular complexity index is 159. The van der Waals surface area contributed by atoms with Gasteiger partial charge in [-0.25, -0.2) is 0 Å². The van der Waals surface area contributed by atoms with E-state index in [1.54, 1.807) is 0 Å². The Morgan fingerprint density at radius 2 is 2.00 bits per heavy atom. The molecular weight excluding hydrogens is 176 g/mol. The van der Waals surface area contributed by atoms with E-state index in [2.05, 4.69) is 12.2 Å². The fourth-order valence-electron chi connectivity index (χ4n) is 1.31. The topological polar surface area (TPSA) is 55.1 Å². The van der Waals surface area contributed by atoms with Gasteiger partial charge in [-0.15, -0.1) is 0 Å². The van der Waals surface area contributed by atoms with Gasteiger partial charge in [-0.1, -0.05) is 33.1 Å². The summed E-state index contributed by atoms with van der Waals surface area (Å²) in [6.45, 7) is 6.14. The van der Waals surface area contributed by atoms with Crippen LogP contribution in [0.5, 0.6) is 0 Å². The molecule has 14 heavy (non-hydrogen) atoms. The highest BCUT2D eigenvalue weighted by molar-refractivity contribution is 5.81.